The van der Waals surface area contributed by atoms with Gasteiger partial charge in [0.05, 0.1) is 22.2 Å². The van der Waals surface area contributed by atoms with Crippen LogP contribution < -0.4 is 0 Å². The van der Waals surface area contributed by atoms with Gasteiger partial charge in [-0.05, 0) is 80.6 Å². The van der Waals surface area contributed by atoms with E-state index in [1.165, 1.54) is 49.4 Å². The second kappa shape index (κ2) is 9.97. The summed E-state index contributed by atoms with van der Waals surface area (Å²) in [4.78, 5) is 10.7. The minimum atomic E-state index is -0.0602. The molecule has 0 radical (unpaired) electrons. The van der Waals surface area contributed by atoms with E-state index in [9.17, 15) is 0 Å². The van der Waals surface area contributed by atoms with Crippen LogP contribution in [0.3, 0.4) is 0 Å². The Hall–Kier alpha value is -6.06. The highest BCUT2D eigenvalue weighted by Crippen LogP contribution is 2.49. The van der Waals surface area contributed by atoms with Crippen molar-refractivity contribution >= 4 is 43.5 Å². The maximum Gasteiger partial charge on any atom is 0.235 e. The molecule has 48 heavy (non-hydrogen) atoms. The number of hydrogen-bond donors (Lipinski definition) is 0. The Kier molecular flexibility index (Phi) is 5.63. The fourth-order valence-corrected chi connectivity index (χ4v) is 7.97. The topological polar surface area (TPSA) is 30.7 Å². The lowest BCUT2D eigenvalue weighted by Crippen LogP contribution is -2.14. The zero-order valence-corrected chi connectivity index (χ0v) is 26.8. The van der Waals surface area contributed by atoms with Crippen molar-refractivity contribution in [3.63, 3.8) is 0 Å². The number of benzene rings is 7. The first-order valence-electron chi connectivity index (χ1n) is 16.6. The van der Waals surface area contributed by atoms with Crippen molar-refractivity contribution in [3.8, 4) is 39.5 Å². The molecule has 0 saturated heterocycles. The first kappa shape index (κ1) is 27.1. The lowest BCUT2D eigenvalue weighted by atomic mass is 9.81. The average molecular weight is 614 g/mol. The van der Waals surface area contributed by atoms with Crippen LogP contribution in [-0.4, -0.2) is 14.5 Å². The minimum absolute atomic E-state index is 0.0602. The average Bonchev–Trinajstić information content (AvgIpc) is 3.58. The van der Waals surface area contributed by atoms with Crippen LogP contribution in [-0.2, 0) is 5.41 Å². The number of aromatic nitrogens is 3. The van der Waals surface area contributed by atoms with Crippen LogP contribution >= 0.6 is 0 Å². The summed E-state index contributed by atoms with van der Waals surface area (Å²) in [5.41, 5.74) is 12.8. The summed E-state index contributed by atoms with van der Waals surface area (Å²) >= 11 is 0. The summed E-state index contributed by atoms with van der Waals surface area (Å²) in [7, 11) is 0. The van der Waals surface area contributed by atoms with Crippen LogP contribution in [0.15, 0.2) is 152 Å². The van der Waals surface area contributed by atoms with Gasteiger partial charge in [0.2, 0.25) is 5.95 Å². The molecule has 2 heterocycles. The van der Waals surface area contributed by atoms with Crippen LogP contribution in [0.4, 0.5) is 0 Å². The van der Waals surface area contributed by atoms with Crippen molar-refractivity contribution in [2.24, 2.45) is 0 Å². The highest BCUT2D eigenvalue weighted by atomic mass is 15.2. The van der Waals surface area contributed by atoms with Gasteiger partial charge in [0.25, 0.3) is 0 Å². The smallest absolute Gasteiger partial charge is 0.235 e. The van der Waals surface area contributed by atoms with Gasteiger partial charge in [-0.1, -0.05) is 129 Å². The van der Waals surface area contributed by atoms with E-state index in [0.717, 1.165) is 38.8 Å². The van der Waals surface area contributed by atoms with Gasteiger partial charge in [0.1, 0.15) is 0 Å². The normalized spacial score (nSPS) is 13.4. The molecule has 3 heteroatoms. The molecule has 0 fully saturated rings. The molecule has 10 rings (SSSR count). The molecule has 1 aliphatic carbocycles. The van der Waals surface area contributed by atoms with Crippen LogP contribution in [0, 0.1) is 0 Å². The molecular formula is C45H31N3. The SMILES string of the molecule is CC1(C)c2ccccc2-c2ccc(-c3ccc4c(-c5ccccc5)nc(-n5c6ccccc6c6cc7ccccc7cc65)nc4c3)cc21. The van der Waals surface area contributed by atoms with Crippen LogP contribution in [0.2, 0.25) is 0 Å². The minimum Gasteiger partial charge on any atom is -0.278 e. The maximum atomic E-state index is 5.36. The van der Waals surface area contributed by atoms with Gasteiger partial charge in [-0.25, -0.2) is 9.97 Å². The molecule has 1 aliphatic rings. The standard InChI is InChI=1S/C45H31N3/c1-45(2)38-18-10-8-16-33(38)34-22-20-31(25-39(34)45)32-21-23-36-40(26-32)46-44(47-43(36)28-12-4-3-5-13-28)48-41-19-11-9-17-35(41)37-24-29-14-6-7-15-30(29)27-42(37)48/h3-27H,1-2H3. The Morgan fingerprint density at radius 2 is 1.15 bits per heavy atom. The Morgan fingerprint density at radius 3 is 2.02 bits per heavy atom. The highest BCUT2D eigenvalue weighted by molar-refractivity contribution is 6.13. The first-order valence-corrected chi connectivity index (χ1v) is 16.6. The van der Waals surface area contributed by atoms with Gasteiger partial charge in [-0.3, -0.25) is 4.57 Å². The van der Waals surface area contributed by atoms with Crippen LogP contribution in [0.1, 0.15) is 25.0 Å². The zero-order valence-electron chi connectivity index (χ0n) is 26.8. The van der Waals surface area contributed by atoms with E-state index >= 15 is 0 Å². The second-order valence-electron chi connectivity index (χ2n) is 13.5. The van der Waals surface area contributed by atoms with Crippen molar-refractivity contribution in [2.75, 3.05) is 0 Å². The van der Waals surface area contributed by atoms with E-state index in [-0.39, 0.29) is 5.41 Å². The molecule has 226 valence electrons. The number of hydrogen-bond acceptors (Lipinski definition) is 2. The number of rotatable bonds is 3. The quantitative estimate of drug-likeness (QED) is 0.198. The third-order valence-corrected chi connectivity index (χ3v) is 10.4. The molecule has 0 amide bonds. The highest BCUT2D eigenvalue weighted by Gasteiger charge is 2.35. The first-order chi connectivity index (χ1) is 23.5. The van der Waals surface area contributed by atoms with Gasteiger partial charge in [-0.2, -0.15) is 0 Å². The lowest BCUT2D eigenvalue weighted by Gasteiger charge is -2.22. The van der Waals surface area contributed by atoms with Gasteiger partial charge in [-0.15, -0.1) is 0 Å². The predicted molar refractivity (Wildman–Crippen MR) is 200 cm³/mol. The molecule has 0 aliphatic heterocycles. The second-order valence-corrected chi connectivity index (χ2v) is 13.5. The zero-order chi connectivity index (χ0) is 32.0. The molecular weight excluding hydrogens is 583 g/mol. The largest absolute Gasteiger partial charge is 0.278 e. The van der Waals surface area contributed by atoms with Crippen LogP contribution in [0.5, 0.6) is 0 Å². The summed E-state index contributed by atoms with van der Waals surface area (Å²) in [5.74, 6) is 0.672. The summed E-state index contributed by atoms with van der Waals surface area (Å²) in [6.45, 7) is 4.67. The van der Waals surface area contributed by atoms with E-state index in [0.29, 0.717) is 5.95 Å². The van der Waals surface area contributed by atoms with Crippen molar-refractivity contribution in [3.05, 3.63) is 163 Å². The molecule has 7 aromatic carbocycles. The number of para-hydroxylation sites is 1. The molecule has 0 N–H and O–H groups in total. The molecule has 0 spiro atoms. The summed E-state index contributed by atoms with van der Waals surface area (Å²) in [6, 6.07) is 54.6. The Balaban J connectivity index is 1.22. The summed E-state index contributed by atoms with van der Waals surface area (Å²) < 4.78 is 2.24. The lowest BCUT2D eigenvalue weighted by molar-refractivity contribution is 0.660. The van der Waals surface area contributed by atoms with Gasteiger partial charge in [0, 0.05) is 27.1 Å². The van der Waals surface area contributed by atoms with Crippen molar-refractivity contribution < 1.29 is 0 Å². The van der Waals surface area contributed by atoms with E-state index < -0.39 is 0 Å². The maximum absolute atomic E-state index is 5.36. The number of fused-ring (bicyclic) bond motifs is 8. The molecule has 0 bridgehead atoms. The molecule has 0 atom stereocenters. The van der Waals surface area contributed by atoms with Crippen molar-refractivity contribution in [2.45, 2.75) is 19.3 Å². The Bertz CT molecular complexity index is 2750. The van der Waals surface area contributed by atoms with Gasteiger partial charge in [0.15, 0.2) is 0 Å². The van der Waals surface area contributed by atoms with Gasteiger partial charge >= 0.3 is 0 Å². The number of nitrogens with zero attached hydrogens (tertiary/aromatic N) is 3. The molecule has 2 aromatic heterocycles. The molecule has 3 nitrogen and oxygen atoms in total. The van der Waals surface area contributed by atoms with E-state index in [1.807, 2.05) is 0 Å². The van der Waals surface area contributed by atoms with Gasteiger partial charge < -0.3 is 0 Å². The van der Waals surface area contributed by atoms with Crippen molar-refractivity contribution in [1.82, 2.24) is 14.5 Å². The Morgan fingerprint density at radius 1 is 0.458 bits per heavy atom. The van der Waals surface area contributed by atoms with E-state index in [1.54, 1.807) is 0 Å². The summed E-state index contributed by atoms with van der Waals surface area (Å²) in [6.07, 6.45) is 0. The molecule has 9 aromatic rings. The summed E-state index contributed by atoms with van der Waals surface area (Å²) in [5, 5.41) is 5.85. The van der Waals surface area contributed by atoms with E-state index in [4.69, 9.17) is 9.97 Å². The fraction of sp³-hybridized carbons (Fsp3) is 0.0667. The third-order valence-electron chi connectivity index (χ3n) is 10.4. The molecule has 0 unspecified atom stereocenters. The van der Waals surface area contributed by atoms with E-state index in [2.05, 4.69) is 170 Å². The van der Waals surface area contributed by atoms with Crippen LogP contribution in [0.25, 0.3) is 82.9 Å². The third kappa shape index (κ3) is 3.88. The Labute approximate surface area is 278 Å². The monoisotopic (exact) mass is 613 g/mol. The fourth-order valence-electron chi connectivity index (χ4n) is 7.97. The molecule has 0 saturated carbocycles. The van der Waals surface area contributed by atoms with Crippen molar-refractivity contribution in [1.29, 1.82) is 0 Å². The predicted octanol–water partition coefficient (Wildman–Crippen LogP) is 11.5.